The molecule has 4 rings (SSSR count). The molecule has 15 heteroatoms. The predicted octanol–water partition coefficient (Wildman–Crippen LogP) is -1.93. The van der Waals surface area contributed by atoms with Crippen molar-refractivity contribution in [3.8, 4) is 0 Å². The predicted molar refractivity (Wildman–Crippen MR) is 153 cm³/mol. The van der Waals surface area contributed by atoms with E-state index >= 15 is 0 Å². The van der Waals surface area contributed by atoms with Gasteiger partial charge in [-0.2, -0.15) is 0 Å². The number of rotatable bonds is 12. The number of halogens is 1. The first-order valence-corrected chi connectivity index (χ1v) is 14.9. The van der Waals surface area contributed by atoms with Gasteiger partial charge in [0.15, 0.2) is 6.29 Å². The van der Waals surface area contributed by atoms with Crippen LogP contribution in [0, 0.1) is 11.8 Å². The van der Waals surface area contributed by atoms with Gasteiger partial charge < -0.3 is 65.5 Å². The summed E-state index contributed by atoms with van der Waals surface area (Å²) >= 11 is 5.93. The fourth-order valence-corrected chi connectivity index (χ4v) is 5.55. The smallest absolute Gasteiger partial charge is 0.184 e. The molecule has 1 aromatic rings. The molecule has 0 aromatic heterocycles. The van der Waals surface area contributed by atoms with Gasteiger partial charge in [0, 0.05) is 6.54 Å². The normalized spacial score (nSPS) is 36.0. The molecule has 1 saturated carbocycles. The zero-order valence-electron chi connectivity index (χ0n) is 24.4. The van der Waals surface area contributed by atoms with Crippen molar-refractivity contribution in [1.82, 2.24) is 5.32 Å². The van der Waals surface area contributed by atoms with Crippen molar-refractivity contribution >= 4 is 17.3 Å². The number of aliphatic hydroxyl groups excluding tert-OH is 8. The van der Waals surface area contributed by atoms with E-state index in [1.807, 2.05) is 0 Å². The highest BCUT2D eigenvalue weighted by Gasteiger charge is 2.53. The Morgan fingerprint density at radius 2 is 1.63 bits per heavy atom. The fourth-order valence-electron chi connectivity index (χ4n) is 5.43. The standard InChI is InChI=1S/C21H31ClN2O8.C7H16O4/c22-12-4-1-9(5-13(12)23)6-24-20-18(29)17(28)19(15(8-26)30-20)32-21-16(27)11-3-2-10(11)14(7-25)31-21;1-5(3-8)11-7(4-9)6(2)10/h1,4-5,10-11,14-21,24-29H,2-3,6-8,23H2;5-10H,3-4H2,1-2H3. The second kappa shape index (κ2) is 16.9. The summed E-state index contributed by atoms with van der Waals surface area (Å²) in [6.07, 6.45) is -8.44. The fraction of sp³-hybridized carbons (Fsp3) is 0.786. The first kappa shape index (κ1) is 36.3. The number of benzene rings is 1. The summed E-state index contributed by atoms with van der Waals surface area (Å²) in [5.41, 5.74) is 7.01. The number of nitrogens with one attached hydrogen (secondary N) is 1. The molecule has 248 valence electrons. The summed E-state index contributed by atoms with van der Waals surface area (Å²) in [5.74, 6) is 0.00312. The Balaban J connectivity index is 0.000000393. The maximum atomic E-state index is 10.7. The Hall–Kier alpha value is -1.21. The molecule has 2 heterocycles. The lowest BCUT2D eigenvalue weighted by atomic mass is 9.66. The molecule has 43 heavy (non-hydrogen) atoms. The van der Waals surface area contributed by atoms with Crippen LogP contribution >= 0.6 is 11.6 Å². The van der Waals surface area contributed by atoms with Crippen molar-refractivity contribution in [2.24, 2.45) is 11.8 Å². The van der Waals surface area contributed by atoms with Crippen molar-refractivity contribution in [3.05, 3.63) is 28.8 Å². The number of hydrogen-bond acceptors (Lipinski definition) is 14. The minimum Gasteiger partial charge on any atom is -0.398 e. The second-order valence-electron chi connectivity index (χ2n) is 11.3. The first-order valence-electron chi connectivity index (χ1n) is 14.5. The summed E-state index contributed by atoms with van der Waals surface area (Å²) in [6, 6.07) is 5.10. The summed E-state index contributed by atoms with van der Waals surface area (Å²) in [7, 11) is 0. The van der Waals surface area contributed by atoms with E-state index in [2.05, 4.69) is 5.32 Å². The number of hydrogen-bond donors (Lipinski definition) is 10. The SMILES string of the molecule is CC(CO)OC(CO)C(C)O.Nc1cc(CNC2OC(CO)C(OC3OC(CO)C4CCC4C3O)C(O)C2O)ccc1Cl. The molecule has 0 spiro atoms. The van der Waals surface area contributed by atoms with Crippen LogP contribution in [-0.2, 0) is 25.5 Å². The maximum absolute atomic E-state index is 10.7. The summed E-state index contributed by atoms with van der Waals surface area (Å²) in [5, 5.41) is 81.0. The highest BCUT2D eigenvalue weighted by atomic mass is 35.5. The molecule has 0 radical (unpaired) electrons. The van der Waals surface area contributed by atoms with Crippen molar-refractivity contribution in [1.29, 1.82) is 0 Å². The Kier molecular flexibility index (Phi) is 14.3. The molecular formula is C28H47ClN2O12. The van der Waals surface area contributed by atoms with Crippen LogP contribution in [0.5, 0.6) is 0 Å². The molecule has 0 amide bonds. The van der Waals surface area contributed by atoms with E-state index in [1.165, 1.54) is 6.92 Å². The average Bonchev–Trinajstić information content (AvgIpc) is 2.97. The molecule has 14 nitrogen and oxygen atoms in total. The van der Waals surface area contributed by atoms with Crippen molar-refractivity contribution in [3.63, 3.8) is 0 Å². The van der Waals surface area contributed by atoms with Gasteiger partial charge in [0.25, 0.3) is 0 Å². The second-order valence-corrected chi connectivity index (χ2v) is 11.7. The van der Waals surface area contributed by atoms with Crippen LogP contribution in [-0.4, -0.2) is 135 Å². The molecule has 1 aromatic carbocycles. The van der Waals surface area contributed by atoms with Crippen molar-refractivity contribution < 1.29 is 59.8 Å². The van der Waals surface area contributed by atoms with E-state index in [-0.39, 0.29) is 44.3 Å². The number of nitrogens with two attached hydrogens (primary N) is 1. The van der Waals surface area contributed by atoms with E-state index in [4.69, 9.17) is 51.6 Å². The molecule has 0 bridgehead atoms. The van der Waals surface area contributed by atoms with Crippen LogP contribution < -0.4 is 11.1 Å². The molecular weight excluding hydrogens is 592 g/mol. The zero-order valence-corrected chi connectivity index (χ0v) is 25.1. The van der Waals surface area contributed by atoms with Gasteiger partial charge in [-0.1, -0.05) is 17.7 Å². The largest absolute Gasteiger partial charge is 0.398 e. The lowest BCUT2D eigenvalue weighted by molar-refractivity contribution is -0.342. The van der Waals surface area contributed by atoms with Crippen LogP contribution in [0.4, 0.5) is 5.69 Å². The molecule has 11 N–H and O–H groups in total. The van der Waals surface area contributed by atoms with Gasteiger partial charge in [-0.15, -0.1) is 0 Å². The van der Waals surface area contributed by atoms with Gasteiger partial charge >= 0.3 is 0 Å². The van der Waals surface area contributed by atoms with Gasteiger partial charge in [0.1, 0.15) is 42.9 Å². The van der Waals surface area contributed by atoms with Gasteiger partial charge in [-0.25, -0.2) is 0 Å². The van der Waals surface area contributed by atoms with Gasteiger partial charge in [0.2, 0.25) is 0 Å². The third-order valence-corrected chi connectivity index (χ3v) is 8.52. The van der Waals surface area contributed by atoms with E-state index < -0.39 is 68.0 Å². The van der Waals surface area contributed by atoms with Crippen LogP contribution in [0.1, 0.15) is 32.3 Å². The number of fused-ring (bicyclic) bond motifs is 1. The van der Waals surface area contributed by atoms with Gasteiger partial charge in [0.05, 0.1) is 55.4 Å². The quantitative estimate of drug-likeness (QED) is 0.112. The zero-order chi connectivity index (χ0) is 31.8. The van der Waals surface area contributed by atoms with Gasteiger partial charge in [-0.05, 0) is 56.2 Å². The monoisotopic (exact) mass is 638 g/mol. The van der Waals surface area contributed by atoms with Crippen LogP contribution in [0.2, 0.25) is 5.02 Å². The van der Waals surface area contributed by atoms with Crippen molar-refractivity contribution in [2.75, 3.05) is 32.2 Å². The average molecular weight is 639 g/mol. The summed E-state index contributed by atoms with van der Waals surface area (Å²) in [6.45, 7) is 2.44. The van der Waals surface area contributed by atoms with Crippen LogP contribution in [0.3, 0.4) is 0 Å². The minimum atomic E-state index is -1.42. The Morgan fingerprint density at radius 3 is 2.16 bits per heavy atom. The highest BCUT2D eigenvalue weighted by Crippen LogP contribution is 2.46. The lowest BCUT2D eigenvalue weighted by Gasteiger charge is -2.52. The number of ether oxygens (including phenoxy) is 4. The third-order valence-electron chi connectivity index (χ3n) is 8.17. The van der Waals surface area contributed by atoms with Crippen LogP contribution in [0.15, 0.2) is 18.2 Å². The lowest BCUT2D eigenvalue weighted by Crippen LogP contribution is -2.65. The molecule has 13 unspecified atom stereocenters. The molecule has 2 aliphatic heterocycles. The molecule has 13 atom stereocenters. The summed E-state index contributed by atoms with van der Waals surface area (Å²) < 4.78 is 22.4. The molecule has 2 saturated heterocycles. The van der Waals surface area contributed by atoms with Crippen molar-refractivity contribution in [2.45, 2.75) is 101 Å². The maximum Gasteiger partial charge on any atom is 0.184 e. The van der Waals surface area contributed by atoms with E-state index in [0.717, 1.165) is 18.4 Å². The number of nitrogen functional groups attached to an aromatic ring is 1. The van der Waals surface area contributed by atoms with E-state index in [0.29, 0.717) is 10.7 Å². The Labute approximate surface area is 255 Å². The highest BCUT2D eigenvalue weighted by molar-refractivity contribution is 6.33. The molecule has 1 aliphatic carbocycles. The topological polar surface area (TPSA) is 237 Å². The number of anilines is 1. The minimum absolute atomic E-state index is 0.0636. The van der Waals surface area contributed by atoms with Crippen LogP contribution in [0.25, 0.3) is 0 Å². The van der Waals surface area contributed by atoms with E-state index in [9.17, 15) is 25.5 Å². The van der Waals surface area contributed by atoms with Gasteiger partial charge in [-0.3, -0.25) is 5.32 Å². The van der Waals surface area contributed by atoms with E-state index in [1.54, 1.807) is 25.1 Å². The Bertz CT molecular complexity index is 974. The number of aliphatic hydroxyl groups is 8. The Morgan fingerprint density at radius 1 is 0.953 bits per heavy atom. The first-order chi connectivity index (χ1) is 20.4. The molecule has 3 aliphatic rings. The third kappa shape index (κ3) is 9.17. The molecule has 3 fully saturated rings. The summed E-state index contributed by atoms with van der Waals surface area (Å²) in [4.78, 5) is 0.